The Kier molecular flexibility index (Phi) is 3.01. The van der Waals surface area contributed by atoms with Gasteiger partial charge >= 0.3 is 6.18 Å². The number of fused-ring (bicyclic) bond motifs is 1. The van der Waals surface area contributed by atoms with Gasteiger partial charge in [0.2, 0.25) is 0 Å². The van der Waals surface area contributed by atoms with Gasteiger partial charge < -0.3 is 0 Å². The molecule has 0 aliphatic heterocycles. The Labute approximate surface area is 119 Å². The van der Waals surface area contributed by atoms with Crippen LogP contribution in [0.4, 0.5) is 13.2 Å². The van der Waals surface area contributed by atoms with E-state index < -0.39 is 11.7 Å². The molecule has 108 valence electrons. The number of aromatic nitrogens is 2. The van der Waals surface area contributed by atoms with Crippen molar-refractivity contribution in [2.24, 2.45) is 0 Å². The second-order valence-electron chi connectivity index (χ2n) is 5.60. The van der Waals surface area contributed by atoms with E-state index in [-0.39, 0.29) is 22.6 Å². The van der Waals surface area contributed by atoms with Gasteiger partial charge in [-0.05, 0) is 36.3 Å². The molecule has 1 aliphatic carbocycles. The van der Waals surface area contributed by atoms with E-state index >= 15 is 0 Å². The zero-order chi connectivity index (χ0) is 14.7. The molecule has 2 heterocycles. The molecular formula is C14H14ClF3N2. The molecule has 1 aliphatic rings. The summed E-state index contributed by atoms with van der Waals surface area (Å²) in [6.07, 6.45) is -0.850. The Hall–Kier alpha value is -1.23. The molecule has 0 bridgehead atoms. The standard InChI is InChI=1S/C14H14ClF3N2/c1-7(2)11-12(15)20-6-9(8-3-4-8)5-10(13(20)19-11)14(16,17)18/h5-8H,3-4H2,1-2H3. The summed E-state index contributed by atoms with van der Waals surface area (Å²) in [6.45, 7) is 3.73. The summed E-state index contributed by atoms with van der Waals surface area (Å²) in [5.41, 5.74) is 0.399. The van der Waals surface area contributed by atoms with E-state index in [1.54, 1.807) is 6.20 Å². The van der Waals surface area contributed by atoms with Crippen LogP contribution in [0.1, 0.15) is 55.3 Å². The lowest BCUT2D eigenvalue weighted by atomic mass is 10.1. The molecule has 0 radical (unpaired) electrons. The van der Waals surface area contributed by atoms with E-state index in [1.165, 1.54) is 10.5 Å². The third-order valence-electron chi connectivity index (χ3n) is 3.61. The SMILES string of the molecule is CC(C)c1nc2c(C(F)(F)F)cc(C3CC3)cn2c1Cl. The molecule has 20 heavy (non-hydrogen) atoms. The van der Waals surface area contributed by atoms with E-state index in [9.17, 15) is 13.2 Å². The van der Waals surface area contributed by atoms with Crippen LogP contribution < -0.4 is 0 Å². The number of hydrogen-bond acceptors (Lipinski definition) is 1. The fraction of sp³-hybridized carbons (Fsp3) is 0.500. The van der Waals surface area contributed by atoms with Crippen LogP contribution >= 0.6 is 11.6 Å². The maximum atomic E-state index is 13.2. The highest BCUT2D eigenvalue weighted by molar-refractivity contribution is 6.30. The molecule has 0 aromatic carbocycles. The smallest absolute Gasteiger partial charge is 0.290 e. The van der Waals surface area contributed by atoms with Crippen LogP contribution in [-0.4, -0.2) is 9.38 Å². The molecule has 0 unspecified atom stereocenters. The molecule has 2 aromatic heterocycles. The Morgan fingerprint density at radius 2 is 2.00 bits per heavy atom. The minimum Gasteiger partial charge on any atom is -0.290 e. The summed E-state index contributed by atoms with van der Waals surface area (Å²) in [4.78, 5) is 4.11. The Morgan fingerprint density at radius 1 is 1.35 bits per heavy atom. The van der Waals surface area contributed by atoms with E-state index in [0.717, 1.165) is 12.8 Å². The van der Waals surface area contributed by atoms with Crippen molar-refractivity contribution in [2.45, 2.75) is 44.7 Å². The summed E-state index contributed by atoms with van der Waals surface area (Å²) < 4.78 is 41.1. The molecule has 2 aromatic rings. The van der Waals surface area contributed by atoms with E-state index in [0.29, 0.717) is 11.3 Å². The normalized spacial score (nSPS) is 16.4. The number of halogens is 4. The fourth-order valence-corrected chi connectivity index (χ4v) is 2.76. The summed E-state index contributed by atoms with van der Waals surface area (Å²) in [7, 11) is 0. The van der Waals surface area contributed by atoms with Gasteiger partial charge in [-0.3, -0.25) is 4.40 Å². The zero-order valence-corrected chi connectivity index (χ0v) is 11.9. The highest BCUT2D eigenvalue weighted by Gasteiger charge is 2.37. The molecule has 3 rings (SSSR count). The maximum Gasteiger partial charge on any atom is 0.419 e. The van der Waals surface area contributed by atoms with E-state index in [2.05, 4.69) is 4.98 Å². The van der Waals surface area contributed by atoms with Gasteiger partial charge in [-0.1, -0.05) is 25.4 Å². The Balaban J connectivity index is 2.31. The molecule has 6 heteroatoms. The van der Waals surface area contributed by atoms with Crippen LogP contribution in [0.5, 0.6) is 0 Å². The quantitative estimate of drug-likeness (QED) is 0.762. The van der Waals surface area contributed by atoms with Gasteiger partial charge in [0.15, 0.2) is 5.65 Å². The van der Waals surface area contributed by atoms with Crippen molar-refractivity contribution in [2.75, 3.05) is 0 Å². The van der Waals surface area contributed by atoms with Crippen LogP contribution in [0.25, 0.3) is 5.65 Å². The van der Waals surface area contributed by atoms with Gasteiger partial charge in [0.05, 0.1) is 11.3 Å². The maximum absolute atomic E-state index is 13.2. The first-order valence-corrected chi connectivity index (χ1v) is 6.95. The molecule has 0 amide bonds. The zero-order valence-electron chi connectivity index (χ0n) is 11.1. The first kappa shape index (κ1) is 13.7. The Bertz CT molecular complexity index is 669. The van der Waals surface area contributed by atoms with Gasteiger partial charge in [0.1, 0.15) is 5.15 Å². The number of imidazole rings is 1. The molecular weight excluding hydrogens is 289 g/mol. The number of hydrogen-bond donors (Lipinski definition) is 0. The average Bonchev–Trinajstić information content (AvgIpc) is 3.12. The van der Waals surface area contributed by atoms with Crippen molar-refractivity contribution in [3.05, 3.63) is 34.2 Å². The van der Waals surface area contributed by atoms with Gasteiger partial charge in [-0.25, -0.2) is 4.98 Å². The largest absolute Gasteiger partial charge is 0.419 e. The second-order valence-corrected chi connectivity index (χ2v) is 5.95. The molecule has 0 saturated heterocycles. The van der Waals surface area contributed by atoms with Crippen molar-refractivity contribution in [3.8, 4) is 0 Å². The Morgan fingerprint density at radius 3 is 2.50 bits per heavy atom. The number of pyridine rings is 1. The first-order chi connectivity index (χ1) is 9.29. The summed E-state index contributed by atoms with van der Waals surface area (Å²) in [6, 6.07) is 1.22. The van der Waals surface area contributed by atoms with Crippen molar-refractivity contribution in [1.29, 1.82) is 0 Å². The van der Waals surface area contributed by atoms with Crippen LogP contribution in [0.3, 0.4) is 0 Å². The molecule has 1 fully saturated rings. The van der Waals surface area contributed by atoms with E-state index in [1.807, 2.05) is 13.8 Å². The summed E-state index contributed by atoms with van der Waals surface area (Å²) >= 11 is 6.20. The van der Waals surface area contributed by atoms with Crippen LogP contribution in [0.2, 0.25) is 5.15 Å². The lowest BCUT2D eigenvalue weighted by molar-refractivity contribution is -0.136. The average molecular weight is 303 g/mol. The molecule has 1 saturated carbocycles. The number of rotatable bonds is 2. The van der Waals surface area contributed by atoms with Gasteiger partial charge in [-0.2, -0.15) is 13.2 Å². The number of nitrogens with zero attached hydrogens (tertiary/aromatic N) is 2. The molecule has 0 spiro atoms. The highest BCUT2D eigenvalue weighted by Crippen LogP contribution is 2.43. The van der Waals surface area contributed by atoms with Gasteiger partial charge in [-0.15, -0.1) is 0 Å². The molecule has 0 N–H and O–H groups in total. The fourth-order valence-electron chi connectivity index (χ4n) is 2.37. The lowest BCUT2D eigenvalue weighted by Crippen LogP contribution is -2.09. The first-order valence-electron chi connectivity index (χ1n) is 6.57. The van der Waals surface area contributed by atoms with Crippen molar-refractivity contribution >= 4 is 17.2 Å². The third-order valence-corrected chi connectivity index (χ3v) is 3.98. The van der Waals surface area contributed by atoms with Crippen molar-refractivity contribution < 1.29 is 13.2 Å². The topological polar surface area (TPSA) is 17.3 Å². The minimum absolute atomic E-state index is 0.0205. The van der Waals surface area contributed by atoms with Crippen LogP contribution in [0, 0.1) is 0 Å². The van der Waals surface area contributed by atoms with Gasteiger partial charge in [0.25, 0.3) is 0 Å². The second kappa shape index (κ2) is 4.38. The summed E-state index contributed by atoms with van der Waals surface area (Å²) in [5.74, 6) is 0.203. The van der Waals surface area contributed by atoms with E-state index in [4.69, 9.17) is 11.6 Å². The van der Waals surface area contributed by atoms with Crippen molar-refractivity contribution in [3.63, 3.8) is 0 Å². The highest BCUT2D eigenvalue weighted by atomic mass is 35.5. The molecule has 2 nitrogen and oxygen atoms in total. The van der Waals surface area contributed by atoms with Crippen molar-refractivity contribution in [1.82, 2.24) is 9.38 Å². The lowest BCUT2D eigenvalue weighted by Gasteiger charge is -2.10. The predicted octanol–water partition coefficient (Wildman–Crippen LogP) is 5.01. The van der Waals surface area contributed by atoms with Crippen LogP contribution in [0.15, 0.2) is 12.3 Å². The predicted molar refractivity (Wildman–Crippen MR) is 71.3 cm³/mol. The minimum atomic E-state index is -4.42. The molecule has 0 atom stereocenters. The van der Waals surface area contributed by atoms with Crippen LogP contribution in [-0.2, 0) is 6.18 Å². The number of alkyl halides is 3. The summed E-state index contributed by atoms with van der Waals surface area (Å²) in [5, 5.41) is 0.281. The monoisotopic (exact) mass is 302 g/mol. The third kappa shape index (κ3) is 2.18. The van der Waals surface area contributed by atoms with Gasteiger partial charge in [0, 0.05) is 6.20 Å².